The molecule has 0 spiro atoms. The van der Waals surface area contributed by atoms with Gasteiger partial charge >= 0.3 is 0 Å². The third kappa shape index (κ3) is 5.28. The third-order valence-electron chi connectivity index (χ3n) is 4.00. The first-order chi connectivity index (χ1) is 12.2. The van der Waals surface area contributed by atoms with Gasteiger partial charge in [-0.2, -0.15) is 0 Å². The third-order valence-corrected chi connectivity index (χ3v) is 4.89. The van der Waals surface area contributed by atoms with E-state index in [0.29, 0.717) is 5.84 Å². The molecule has 0 atom stereocenters. The van der Waals surface area contributed by atoms with Crippen LogP contribution in [0.2, 0.25) is 0 Å². The van der Waals surface area contributed by atoms with E-state index in [9.17, 15) is 0 Å². The summed E-state index contributed by atoms with van der Waals surface area (Å²) in [5, 5.41) is 5.49. The summed E-state index contributed by atoms with van der Waals surface area (Å²) in [6.07, 6.45) is 0.996. The summed E-state index contributed by atoms with van der Waals surface area (Å²) in [6, 6.07) is 20.9. The van der Waals surface area contributed by atoms with Gasteiger partial charge in [-0.05, 0) is 54.6 Å². The zero-order valence-corrected chi connectivity index (χ0v) is 15.2. The Morgan fingerprint density at radius 3 is 2.40 bits per heavy atom. The smallest absolute Gasteiger partial charge is 0.141 e. The Labute approximate surface area is 153 Å². The molecule has 3 rings (SSSR count). The average molecular weight is 350 g/mol. The predicted molar refractivity (Wildman–Crippen MR) is 108 cm³/mol. The van der Waals surface area contributed by atoms with Crippen LogP contribution in [0.1, 0.15) is 21.6 Å². The van der Waals surface area contributed by atoms with Gasteiger partial charge in [-0.1, -0.05) is 48.0 Å². The lowest BCUT2D eigenvalue weighted by Gasteiger charge is -2.06. The van der Waals surface area contributed by atoms with Crippen LogP contribution in [0.3, 0.4) is 0 Å². The first-order valence-corrected chi connectivity index (χ1v) is 9.32. The number of nitrogens with zero attached hydrogens (tertiary/aromatic N) is 1. The fraction of sp³-hybridized carbons (Fsp3) is 0.190. The van der Waals surface area contributed by atoms with E-state index >= 15 is 0 Å². The molecule has 0 saturated heterocycles. The van der Waals surface area contributed by atoms with Crippen molar-refractivity contribution < 1.29 is 0 Å². The fourth-order valence-electron chi connectivity index (χ4n) is 2.53. The zero-order valence-electron chi connectivity index (χ0n) is 14.4. The van der Waals surface area contributed by atoms with E-state index in [-0.39, 0.29) is 0 Å². The number of nitrogens with two attached hydrogens (primary N) is 1. The Morgan fingerprint density at radius 1 is 1.00 bits per heavy atom. The number of rotatable bonds is 7. The first kappa shape index (κ1) is 17.4. The van der Waals surface area contributed by atoms with Crippen LogP contribution >= 0.6 is 11.3 Å². The maximum Gasteiger partial charge on any atom is 0.141 e. The molecule has 0 unspecified atom stereocenters. The second-order valence-corrected chi connectivity index (χ2v) is 7.00. The molecule has 3 N–H and O–H groups in total. The minimum atomic E-state index is 0.572. The molecular formula is C21H23N3S. The topological polar surface area (TPSA) is 50.4 Å². The normalized spacial score (nSPS) is 11.6. The van der Waals surface area contributed by atoms with Crippen molar-refractivity contribution in [2.45, 2.75) is 19.9 Å². The number of nitrogens with one attached hydrogen (secondary N) is 1. The molecule has 25 heavy (non-hydrogen) atoms. The Bertz CT molecular complexity index is 803. The molecule has 0 aliphatic carbocycles. The molecule has 0 radical (unpaired) electrons. The number of aryl methyl sites for hydroxylation is 1. The second kappa shape index (κ2) is 8.60. The molecule has 1 aromatic heterocycles. The van der Waals surface area contributed by atoms with Gasteiger partial charge in [0, 0.05) is 6.54 Å². The molecule has 0 saturated carbocycles. The van der Waals surface area contributed by atoms with Crippen molar-refractivity contribution in [1.29, 1.82) is 0 Å². The van der Waals surface area contributed by atoms with E-state index in [4.69, 9.17) is 5.73 Å². The number of thiophene rings is 1. The van der Waals surface area contributed by atoms with Crippen LogP contribution in [0, 0.1) is 6.92 Å². The maximum absolute atomic E-state index is 6.02. The van der Waals surface area contributed by atoms with Crippen molar-refractivity contribution in [3.8, 4) is 0 Å². The van der Waals surface area contributed by atoms with Gasteiger partial charge in [-0.25, -0.2) is 4.99 Å². The van der Waals surface area contributed by atoms with E-state index in [1.54, 1.807) is 11.3 Å². The standard InChI is InChI=1S/C21H23N3S/c1-16-4-6-18(7-5-16)15-23-13-12-17-8-10-19(11-9-17)24-21(22)20-3-2-14-25-20/h2-11,14,23H,12-13,15H2,1H3,(H2,22,24). The molecule has 0 amide bonds. The van der Waals surface area contributed by atoms with Gasteiger partial charge in [0.15, 0.2) is 0 Å². The monoisotopic (exact) mass is 349 g/mol. The first-order valence-electron chi connectivity index (χ1n) is 8.44. The minimum absolute atomic E-state index is 0.572. The SMILES string of the molecule is Cc1ccc(CNCCc2ccc(N=C(N)c3cccs3)cc2)cc1. The number of hydrogen-bond donors (Lipinski definition) is 2. The van der Waals surface area contributed by atoms with E-state index in [1.807, 2.05) is 29.6 Å². The highest BCUT2D eigenvalue weighted by atomic mass is 32.1. The molecule has 0 fully saturated rings. The van der Waals surface area contributed by atoms with Crippen LogP contribution in [-0.4, -0.2) is 12.4 Å². The molecular weight excluding hydrogens is 326 g/mol. The lowest BCUT2D eigenvalue weighted by atomic mass is 10.1. The molecule has 0 aliphatic heterocycles. The number of aliphatic imine (C=N–C) groups is 1. The minimum Gasteiger partial charge on any atom is -0.383 e. The second-order valence-electron chi connectivity index (χ2n) is 6.05. The quantitative estimate of drug-likeness (QED) is 0.377. The summed E-state index contributed by atoms with van der Waals surface area (Å²) >= 11 is 1.60. The molecule has 4 heteroatoms. The number of benzene rings is 2. The highest BCUT2D eigenvalue weighted by Gasteiger charge is 2.00. The Balaban J connectivity index is 1.47. The van der Waals surface area contributed by atoms with Gasteiger partial charge < -0.3 is 11.1 Å². The summed E-state index contributed by atoms with van der Waals surface area (Å²) in [6.45, 7) is 3.97. The van der Waals surface area contributed by atoms with Crippen LogP contribution in [0.25, 0.3) is 0 Å². The molecule has 1 heterocycles. The Hall–Kier alpha value is -2.43. The van der Waals surface area contributed by atoms with E-state index in [2.05, 4.69) is 53.6 Å². The van der Waals surface area contributed by atoms with Crippen molar-refractivity contribution in [3.63, 3.8) is 0 Å². The summed E-state index contributed by atoms with van der Waals surface area (Å²) in [5.74, 6) is 0.572. The van der Waals surface area contributed by atoms with Crippen molar-refractivity contribution in [2.75, 3.05) is 6.54 Å². The fourth-order valence-corrected chi connectivity index (χ4v) is 3.15. The van der Waals surface area contributed by atoms with Crippen molar-refractivity contribution >= 4 is 22.9 Å². The largest absolute Gasteiger partial charge is 0.383 e. The van der Waals surface area contributed by atoms with Gasteiger partial charge in [0.05, 0.1) is 10.6 Å². The predicted octanol–water partition coefficient (Wildman–Crippen LogP) is 4.43. The van der Waals surface area contributed by atoms with E-state index in [1.165, 1.54) is 16.7 Å². The van der Waals surface area contributed by atoms with Crippen LogP contribution in [-0.2, 0) is 13.0 Å². The Kier molecular flexibility index (Phi) is 5.99. The van der Waals surface area contributed by atoms with E-state index < -0.39 is 0 Å². The maximum atomic E-state index is 6.02. The molecule has 3 nitrogen and oxygen atoms in total. The highest BCUT2D eigenvalue weighted by molar-refractivity contribution is 7.12. The molecule has 0 aliphatic rings. The van der Waals surface area contributed by atoms with Crippen LogP contribution in [0.5, 0.6) is 0 Å². The van der Waals surface area contributed by atoms with Gasteiger partial charge in [0.25, 0.3) is 0 Å². The zero-order chi connectivity index (χ0) is 17.5. The lowest BCUT2D eigenvalue weighted by Crippen LogP contribution is -2.16. The summed E-state index contributed by atoms with van der Waals surface area (Å²) in [5.41, 5.74) is 10.8. The Morgan fingerprint density at radius 2 is 1.72 bits per heavy atom. The van der Waals surface area contributed by atoms with Crippen molar-refractivity contribution in [2.24, 2.45) is 10.7 Å². The van der Waals surface area contributed by atoms with Crippen LogP contribution in [0.15, 0.2) is 71.0 Å². The lowest BCUT2D eigenvalue weighted by molar-refractivity contribution is 0.687. The molecule has 0 bridgehead atoms. The van der Waals surface area contributed by atoms with Crippen LogP contribution < -0.4 is 11.1 Å². The van der Waals surface area contributed by atoms with Crippen LogP contribution in [0.4, 0.5) is 5.69 Å². The molecule has 3 aromatic rings. The van der Waals surface area contributed by atoms with Gasteiger partial charge in [0.2, 0.25) is 0 Å². The molecule has 2 aromatic carbocycles. The summed E-state index contributed by atoms with van der Waals surface area (Å²) in [7, 11) is 0. The molecule has 128 valence electrons. The number of amidine groups is 1. The average Bonchev–Trinajstić information content (AvgIpc) is 3.16. The van der Waals surface area contributed by atoms with Gasteiger partial charge in [-0.3, -0.25) is 0 Å². The van der Waals surface area contributed by atoms with Crippen molar-refractivity contribution in [1.82, 2.24) is 5.32 Å². The summed E-state index contributed by atoms with van der Waals surface area (Å²) < 4.78 is 0. The van der Waals surface area contributed by atoms with Crippen molar-refractivity contribution in [3.05, 3.63) is 87.6 Å². The van der Waals surface area contributed by atoms with E-state index in [0.717, 1.165) is 30.1 Å². The summed E-state index contributed by atoms with van der Waals surface area (Å²) in [4.78, 5) is 5.48. The highest BCUT2D eigenvalue weighted by Crippen LogP contribution is 2.16. The van der Waals surface area contributed by atoms with Gasteiger partial charge in [0.1, 0.15) is 5.84 Å². The van der Waals surface area contributed by atoms with Gasteiger partial charge in [-0.15, -0.1) is 11.3 Å². The number of hydrogen-bond acceptors (Lipinski definition) is 3.